The third kappa shape index (κ3) is 2.22. The van der Waals surface area contributed by atoms with E-state index in [-0.39, 0.29) is 5.91 Å². The van der Waals surface area contributed by atoms with Crippen molar-refractivity contribution in [1.29, 1.82) is 0 Å². The highest BCUT2D eigenvalue weighted by Gasteiger charge is 2.64. The molecule has 3 nitrogen and oxygen atoms in total. The molecule has 19 heavy (non-hydrogen) atoms. The van der Waals surface area contributed by atoms with Crippen LogP contribution in [0.1, 0.15) is 43.6 Å². The van der Waals surface area contributed by atoms with E-state index in [1.54, 1.807) is 12.1 Å². The SMILES string of the molecule is Cc1cc(N)ccc1C(=O)NCC1C(C)(C)C1(C)C. The molecule has 0 spiro atoms. The molecule has 104 valence electrons. The minimum Gasteiger partial charge on any atom is -0.399 e. The van der Waals surface area contributed by atoms with Gasteiger partial charge in [0, 0.05) is 17.8 Å². The van der Waals surface area contributed by atoms with Crippen molar-refractivity contribution in [3.8, 4) is 0 Å². The summed E-state index contributed by atoms with van der Waals surface area (Å²) in [6.07, 6.45) is 0. The van der Waals surface area contributed by atoms with Crippen LogP contribution >= 0.6 is 0 Å². The van der Waals surface area contributed by atoms with Gasteiger partial charge in [0.2, 0.25) is 0 Å². The molecule has 2 rings (SSSR count). The molecule has 0 saturated heterocycles. The smallest absolute Gasteiger partial charge is 0.251 e. The molecule has 0 aliphatic heterocycles. The molecule has 0 unspecified atom stereocenters. The van der Waals surface area contributed by atoms with Gasteiger partial charge in [-0.15, -0.1) is 0 Å². The van der Waals surface area contributed by atoms with Crippen LogP contribution in [0.2, 0.25) is 0 Å². The highest BCUT2D eigenvalue weighted by molar-refractivity contribution is 5.96. The zero-order valence-electron chi connectivity index (χ0n) is 12.5. The van der Waals surface area contributed by atoms with Crippen molar-refractivity contribution in [3.63, 3.8) is 0 Å². The summed E-state index contributed by atoms with van der Waals surface area (Å²) in [7, 11) is 0. The number of amides is 1. The highest BCUT2D eigenvalue weighted by atomic mass is 16.1. The number of nitrogens with one attached hydrogen (secondary N) is 1. The van der Waals surface area contributed by atoms with Crippen molar-refractivity contribution in [2.75, 3.05) is 12.3 Å². The monoisotopic (exact) mass is 260 g/mol. The zero-order valence-corrected chi connectivity index (χ0v) is 12.5. The number of carbonyl (C=O) groups is 1. The van der Waals surface area contributed by atoms with E-state index in [9.17, 15) is 4.79 Å². The average molecular weight is 260 g/mol. The second kappa shape index (κ2) is 4.26. The summed E-state index contributed by atoms with van der Waals surface area (Å²) >= 11 is 0. The van der Waals surface area contributed by atoms with Crippen LogP contribution in [-0.4, -0.2) is 12.5 Å². The van der Waals surface area contributed by atoms with Crippen LogP contribution in [0.15, 0.2) is 18.2 Å². The van der Waals surface area contributed by atoms with E-state index in [0.29, 0.717) is 28.0 Å². The molecule has 1 aliphatic carbocycles. The van der Waals surface area contributed by atoms with E-state index in [1.807, 2.05) is 13.0 Å². The van der Waals surface area contributed by atoms with Crippen LogP contribution < -0.4 is 11.1 Å². The lowest BCUT2D eigenvalue weighted by Crippen LogP contribution is -2.27. The Hall–Kier alpha value is -1.51. The van der Waals surface area contributed by atoms with Gasteiger partial charge in [0.05, 0.1) is 0 Å². The Kier molecular flexibility index (Phi) is 3.12. The van der Waals surface area contributed by atoms with Crippen LogP contribution in [0.5, 0.6) is 0 Å². The predicted octanol–water partition coefficient (Wildman–Crippen LogP) is 2.99. The molecular weight excluding hydrogens is 236 g/mol. The first-order valence-corrected chi connectivity index (χ1v) is 6.82. The summed E-state index contributed by atoms with van der Waals surface area (Å²) in [5, 5.41) is 3.05. The number of aryl methyl sites for hydroxylation is 1. The Morgan fingerprint density at radius 2 is 1.84 bits per heavy atom. The quantitative estimate of drug-likeness (QED) is 0.821. The minimum absolute atomic E-state index is 0.00370. The van der Waals surface area contributed by atoms with Gasteiger partial charge < -0.3 is 11.1 Å². The van der Waals surface area contributed by atoms with E-state index in [4.69, 9.17) is 5.73 Å². The summed E-state index contributed by atoms with van der Waals surface area (Å²) in [5.41, 5.74) is 8.63. The average Bonchev–Trinajstić information content (AvgIpc) is 2.66. The first-order valence-electron chi connectivity index (χ1n) is 6.82. The fraction of sp³-hybridized carbons (Fsp3) is 0.562. The van der Waals surface area contributed by atoms with E-state index in [1.165, 1.54) is 0 Å². The molecule has 1 amide bonds. The van der Waals surface area contributed by atoms with Gasteiger partial charge in [0.25, 0.3) is 5.91 Å². The van der Waals surface area contributed by atoms with Gasteiger partial charge in [-0.2, -0.15) is 0 Å². The third-order valence-corrected chi connectivity index (χ3v) is 5.28. The van der Waals surface area contributed by atoms with Crippen LogP contribution in [0.3, 0.4) is 0 Å². The van der Waals surface area contributed by atoms with E-state index < -0.39 is 0 Å². The van der Waals surface area contributed by atoms with Crippen molar-refractivity contribution >= 4 is 11.6 Å². The fourth-order valence-corrected chi connectivity index (χ4v) is 3.08. The van der Waals surface area contributed by atoms with Crippen molar-refractivity contribution < 1.29 is 4.79 Å². The Labute approximate surface area is 115 Å². The van der Waals surface area contributed by atoms with Gasteiger partial charge in [0.15, 0.2) is 0 Å². The van der Waals surface area contributed by atoms with Gasteiger partial charge in [-0.25, -0.2) is 0 Å². The second-order valence-corrected chi connectivity index (χ2v) is 6.78. The number of hydrogen-bond acceptors (Lipinski definition) is 2. The molecule has 0 heterocycles. The van der Waals surface area contributed by atoms with Gasteiger partial charge in [-0.1, -0.05) is 27.7 Å². The fourth-order valence-electron chi connectivity index (χ4n) is 3.08. The molecule has 1 aromatic rings. The molecular formula is C16H24N2O. The maximum atomic E-state index is 12.2. The molecule has 1 fully saturated rings. The van der Waals surface area contributed by atoms with Crippen LogP contribution in [0.4, 0.5) is 5.69 Å². The summed E-state index contributed by atoms with van der Waals surface area (Å²) < 4.78 is 0. The lowest BCUT2D eigenvalue weighted by atomic mass is 10.0. The van der Waals surface area contributed by atoms with Crippen molar-refractivity contribution in [2.24, 2.45) is 16.7 Å². The number of rotatable bonds is 3. The van der Waals surface area contributed by atoms with Gasteiger partial charge >= 0.3 is 0 Å². The number of anilines is 1. The number of nitrogen functional groups attached to an aromatic ring is 1. The van der Waals surface area contributed by atoms with E-state index >= 15 is 0 Å². The molecule has 0 aromatic heterocycles. The number of hydrogen-bond donors (Lipinski definition) is 2. The van der Waals surface area contributed by atoms with Gasteiger partial charge in [-0.05, 0) is 47.4 Å². The predicted molar refractivity (Wildman–Crippen MR) is 79.0 cm³/mol. The highest BCUT2D eigenvalue weighted by Crippen LogP contribution is 2.67. The summed E-state index contributed by atoms with van der Waals surface area (Å²) in [6, 6.07) is 5.40. The summed E-state index contributed by atoms with van der Waals surface area (Å²) in [6.45, 7) is 11.7. The molecule has 1 saturated carbocycles. The number of carbonyl (C=O) groups excluding carboxylic acids is 1. The molecule has 1 aromatic carbocycles. The maximum absolute atomic E-state index is 12.2. The Bertz CT molecular complexity index is 503. The summed E-state index contributed by atoms with van der Waals surface area (Å²) in [5.74, 6) is 0.536. The Morgan fingerprint density at radius 3 is 2.32 bits per heavy atom. The molecule has 3 heteroatoms. The molecule has 1 aliphatic rings. The maximum Gasteiger partial charge on any atom is 0.251 e. The van der Waals surface area contributed by atoms with Crippen LogP contribution in [0.25, 0.3) is 0 Å². The lowest BCUT2D eigenvalue weighted by molar-refractivity contribution is 0.0949. The largest absolute Gasteiger partial charge is 0.399 e. The van der Waals surface area contributed by atoms with E-state index in [2.05, 4.69) is 33.0 Å². The normalized spacial score (nSPS) is 20.1. The topological polar surface area (TPSA) is 55.1 Å². The second-order valence-electron chi connectivity index (χ2n) is 6.78. The lowest BCUT2D eigenvalue weighted by Gasteiger charge is -2.09. The zero-order chi connectivity index (χ0) is 14.4. The van der Waals surface area contributed by atoms with Crippen LogP contribution in [-0.2, 0) is 0 Å². The molecule has 0 radical (unpaired) electrons. The molecule has 0 atom stereocenters. The van der Waals surface area contributed by atoms with E-state index in [0.717, 1.165) is 12.1 Å². The minimum atomic E-state index is -0.00370. The van der Waals surface area contributed by atoms with Gasteiger partial charge in [-0.3, -0.25) is 4.79 Å². The number of nitrogens with two attached hydrogens (primary N) is 1. The Morgan fingerprint density at radius 1 is 1.26 bits per heavy atom. The molecule has 0 bridgehead atoms. The number of benzene rings is 1. The summed E-state index contributed by atoms with van der Waals surface area (Å²) in [4.78, 5) is 12.2. The standard InChI is InChI=1S/C16H24N2O/c1-10-8-11(17)6-7-12(10)14(19)18-9-13-15(2,3)16(13,4)5/h6-8,13H,9,17H2,1-5H3,(H,18,19). The van der Waals surface area contributed by atoms with Crippen molar-refractivity contribution in [3.05, 3.63) is 29.3 Å². The first kappa shape index (κ1) is 13.9. The van der Waals surface area contributed by atoms with Gasteiger partial charge in [0.1, 0.15) is 0 Å². The molecule has 3 N–H and O–H groups in total. The first-order chi connectivity index (χ1) is 8.68. The van der Waals surface area contributed by atoms with Crippen LogP contribution in [0, 0.1) is 23.7 Å². The Balaban J connectivity index is 2.00. The van der Waals surface area contributed by atoms with Crippen molar-refractivity contribution in [2.45, 2.75) is 34.6 Å². The third-order valence-electron chi connectivity index (χ3n) is 5.28. The van der Waals surface area contributed by atoms with Crippen molar-refractivity contribution in [1.82, 2.24) is 5.32 Å².